The Hall–Kier alpha value is -2.44. The maximum atomic E-state index is 12.0. The van der Waals surface area contributed by atoms with Crippen LogP contribution in [0.4, 0.5) is 11.1 Å². The summed E-state index contributed by atoms with van der Waals surface area (Å²) in [5.41, 5.74) is 4.47. The van der Waals surface area contributed by atoms with E-state index in [-0.39, 0.29) is 11.7 Å². The number of nitrogen functional groups attached to an aromatic ring is 1. The fourth-order valence-corrected chi connectivity index (χ4v) is 3.86. The predicted octanol–water partition coefficient (Wildman–Crippen LogP) is 2.39. The van der Waals surface area contributed by atoms with Crippen molar-refractivity contribution < 1.29 is 4.79 Å². The van der Waals surface area contributed by atoms with Gasteiger partial charge in [0.05, 0.1) is 17.2 Å². The maximum absolute atomic E-state index is 12.0. The quantitative estimate of drug-likeness (QED) is 0.237. The van der Waals surface area contributed by atoms with Crippen LogP contribution in [0.3, 0.4) is 0 Å². The number of carbonyl (C=O) groups is 1. The third kappa shape index (κ3) is 4.59. The number of thiophene rings is 1. The van der Waals surface area contributed by atoms with Gasteiger partial charge in [-0.25, -0.2) is 15.1 Å². The molecule has 26 heavy (non-hydrogen) atoms. The molecule has 0 bridgehead atoms. The molecule has 1 amide bonds. The molecule has 0 radical (unpaired) electrons. The van der Waals surface area contributed by atoms with Crippen molar-refractivity contribution in [3.63, 3.8) is 0 Å². The van der Waals surface area contributed by atoms with Crippen LogP contribution >= 0.6 is 34.4 Å². The topological polar surface area (TPSA) is 123 Å². The van der Waals surface area contributed by atoms with Crippen LogP contribution in [-0.2, 0) is 4.79 Å². The molecule has 0 fully saturated rings. The van der Waals surface area contributed by atoms with E-state index in [1.165, 1.54) is 27.8 Å². The maximum Gasteiger partial charge on any atom is 0.264 e. The number of hydrogen-bond acceptors (Lipinski definition) is 10. The first-order valence-electron chi connectivity index (χ1n) is 7.42. The number of nitrogens with two attached hydrogens (primary N) is 1. The number of nitrogens with one attached hydrogen (secondary N) is 2. The third-order valence-electron chi connectivity index (χ3n) is 3.06. The van der Waals surface area contributed by atoms with E-state index < -0.39 is 0 Å². The smallest absolute Gasteiger partial charge is 0.264 e. The Morgan fingerprint density at radius 2 is 2.27 bits per heavy atom. The van der Waals surface area contributed by atoms with Gasteiger partial charge in [0.15, 0.2) is 5.13 Å². The number of aromatic nitrogens is 4. The van der Waals surface area contributed by atoms with Gasteiger partial charge in [-0.05, 0) is 25.3 Å². The molecule has 3 aromatic heterocycles. The van der Waals surface area contributed by atoms with Gasteiger partial charge in [0.2, 0.25) is 11.1 Å². The van der Waals surface area contributed by atoms with E-state index in [1.807, 2.05) is 36.7 Å². The van der Waals surface area contributed by atoms with Crippen molar-refractivity contribution in [2.24, 2.45) is 5.10 Å². The van der Waals surface area contributed by atoms with E-state index in [4.69, 9.17) is 5.84 Å². The molecule has 0 atom stereocenters. The second-order valence-corrected chi connectivity index (χ2v) is 7.84. The number of thioether (sulfide) groups is 1. The van der Waals surface area contributed by atoms with Crippen LogP contribution in [0.2, 0.25) is 0 Å². The summed E-state index contributed by atoms with van der Waals surface area (Å²) in [5.74, 6) is 6.20. The number of aryl methyl sites for hydroxylation is 1. The van der Waals surface area contributed by atoms with Crippen LogP contribution in [0.5, 0.6) is 0 Å². The molecule has 3 aromatic rings. The first kappa shape index (κ1) is 18.4. The minimum absolute atomic E-state index is 0.144. The highest BCUT2D eigenvalue weighted by Gasteiger charge is 2.13. The highest BCUT2D eigenvalue weighted by Crippen LogP contribution is 2.19. The molecule has 9 nitrogen and oxygen atoms in total. The molecule has 0 aliphatic rings. The van der Waals surface area contributed by atoms with Crippen molar-refractivity contribution in [3.05, 3.63) is 33.5 Å². The first-order valence-corrected chi connectivity index (χ1v) is 10.2. The zero-order valence-corrected chi connectivity index (χ0v) is 16.4. The van der Waals surface area contributed by atoms with Gasteiger partial charge in [-0.2, -0.15) is 5.10 Å². The first-order chi connectivity index (χ1) is 12.5. The molecule has 0 spiro atoms. The lowest BCUT2D eigenvalue weighted by Gasteiger charge is -2.04. The minimum atomic E-state index is -0.187. The van der Waals surface area contributed by atoms with Crippen molar-refractivity contribution in [2.75, 3.05) is 22.3 Å². The molecular weight excluding hydrogens is 392 g/mol. The van der Waals surface area contributed by atoms with Gasteiger partial charge in [0, 0.05) is 10.3 Å². The van der Waals surface area contributed by atoms with Crippen LogP contribution < -0.4 is 16.6 Å². The summed E-state index contributed by atoms with van der Waals surface area (Å²) in [4.78, 5) is 17.2. The number of rotatable bonds is 7. The number of hydrogen-bond donors (Lipinski definition) is 3. The van der Waals surface area contributed by atoms with E-state index >= 15 is 0 Å². The van der Waals surface area contributed by atoms with Gasteiger partial charge < -0.3 is 11.2 Å². The predicted molar refractivity (Wildman–Crippen MR) is 107 cm³/mol. The van der Waals surface area contributed by atoms with Crippen molar-refractivity contribution in [1.29, 1.82) is 0 Å². The summed E-state index contributed by atoms with van der Waals surface area (Å²) in [5, 5.41) is 19.7. The van der Waals surface area contributed by atoms with Gasteiger partial charge >= 0.3 is 0 Å². The monoisotopic (exact) mass is 408 g/mol. The Morgan fingerprint density at radius 1 is 1.42 bits per heavy atom. The van der Waals surface area contributed by atoms with Crippen LogP contribution in [-0.4, -0.2) is 37.2 Å². The molecule has 4 N–H and O–H groups in total. The zero-order valence-electron chi connectivity index (χ0n) is 14.0. The van der Waals surface area contributed by atoms with Crippen LogP contribution in [0.25, 0.3) is 0 Å². The van der Waals surface area contributed by atoms with E-state index in [1.54, 1.807) is 11.3 Å². The Kier molecular flexibility index (Phi) is 5.85. The second-order valence-electron chi connectivity index (χ2n) is 5.09. The normalized spacial score (nSPS) is 11.5. The number of thiazole rings is 1. The summed E-state index contributed by atoms with van der Waals surface area (Å²) in [7, 11) is 0. The van der Waals surface area contributed by atoms with Gasteiger partial charge in [-0.1, -0.05) is 17.8 Å². The fraction of sp³-hybridized carbons (Fsp3) is 0.214. The zero-order chi connectivity index (χ0) is 18.5. The molecule has 0 aliphatic heterocycles. The van der Waals surface area contributed by atoms with E-state index in [9.17, 15) is 4.79 Å². The number of hydrazone groups is 1. The molecule has 3 rings (SSSR count). The molecule has 0 aliphatic carbocycles. The van der Waals surface area contributed by atoms with Gasteiger partial charge in [0.1, 0.15) is 0 Å². The molecule has 136 valence electrons. The average Bonchev–Trinajstić information content (AvgIpc) is 3.34. The Balaban J connectivity index is 1.55. The molecule has 0 saturated heterocycles. The minimum Gasteiger partial charge on any atom is -0.334 e. The molecule has 0 aromatic carbocycles. The Morgan fingerprint density at radius 3 is 2.96 bits per heavy atom. The molecule has 0 unspecified atom stereocenters. The van der Waals surface area contributed by atoms with Crippen molar-refractivity contribution >= 4 is 57.1 Å². The summed E-state index contributed by atoms with van der Waals surface area (Å²) in [6.45, 7) is 3.76. The van der Waals surface area contributed by atoms with Crippen LogP contribution in [0.1, 0.15) is 17.5 Å². The Labute approximate surface area is 161 Å². The lowest BCUT2D eigenvalue weighted by Crippen LogP contribution is -2.17. The molecule has 3 heterocycles. The highest BCUT2D eigenvalue weighted by atomic mass is 32.2. The van der Waals surface area contributed by atoms with Crippen LogP contribution in [0.15, 0.2) is 33.2 Å². The largest absolute Gasteiger partial charge is 0.334 e. The van der Waals surface area contributed by atoms with E-state index in [0.717, 1.165) is 16.3 Å². The number of anilines is 2. The lowest BCUT2D eigenvalue weighted by molar-refractivity contribution is -0.113. The second kappa shape index (κ2) is 8.29. The fourth-order valence-electron chi connectivity index (χ4n) is 1.82. The van der Waals surface area contributed by atoms with Gasteiger partial charge in [-0.3, -0.25) is 4.79 Å². The summed E-state index contributed by atoms with van der Waals surface area (Å²) in [6, 6.07) is 3.93. The Bertz CT molecular complexity index is 915. The standard InChI is InChI=1S/C14H16N8OS3/c1-8-6-25-13(16-8)17-11(23)7-26-14-21-20-12(22(14)15)19-18-9(2)10-4-3-5-24-10/h3-6H,7,15H2,1-2H3,(H,19,20)(H,16,17,23)/b18-9+. The number of carbonyl (C=O) groups excluding carboxylic acids is 1. The molecular formula is C14H16N8OS3. The lowest BCUT2D eigenvalue weighted by atomic mass is 10.3. The van der Waals surface area contributed by atoms with Gasteiger partial charge in [0.25, 0.3) is 5.95 Å². The van der Waals surface area contributed by atoms with Crippen molar-refractivity contribution in [2.45, 2.75) is 19.0 Å². The van der Waals surface area contributed by atoms with Crippen molar-refractivity contribution in [1.82, 2.24) is 19.9 Å². The number of nitrogens with zero attached hydrogens (tertiary/aromatic N) is 5. The molecule has 0 saturated carbocycles. The molecule has 12 heteroatoms. The summed E-state index contributed by atoms with van der Waals surface area (Å²) >= 11 is 4.15. The van der Waals surface area contributed by atoms with E-state index in [0.29, 0.717) is 16.2 Å². The van der Waals surface area contributed by atoms with Crippen LogP contribution in [0, 0.1) is 6.92 Å². The third-order valence-corrected chi connectivity index (χ3v) is 5.86. The SMILES string of the molecule is C/C(=N\Nc1nnc(SCC(=O)Nc2nc(C)cs2)n1N)c1cccs1. The summed E-state index contributed by atoms with van der Waals surface area (Å²) < 4.78 is 1.26. The van der Waals surface area contributed by atoms with Crippen molar-refractivity contribution in [3.8, 4) is 0 Å². The highest BCUT2D eigenvalue weighted by molar-refractivity contribution is 7.99. The number of amides is 1. The van der Waals surface area contributed by atoms with Gasteiger partial charge in [-0.15, -0.1) is 32.9 Å². The average molecular weight is 409 g/mol. The van der Waals surface area contributed by atoms with E-state index in [2.05, 4.69) is 31.0 Å². The summed E-state index contributed by atoms with van der Waals surface area (Å²) in [6.07, 6.45) is 0.